The van der Waals surface area contributed by atoms with Crippen LogP contribution in [-0.2, 0) is 0 Å². The lowest BCUT2D eigenvalue weighted by atomic mass is 10.1. The average molecular weight is 254 g/mol. The van der Waals surface area contributed by atoms with E-state index in [1.54, 1.807) is 18.9 Å². The van der Waals surface area contributed by atoms with Crippen molar-refractivity contribution in [3.8, 4) is 5.75 Å². The molecule has 1 N–H and O–H groups in total. The van der Waals surface area contributed by atoms with Crippen LogP contribution in [0.1, 0.15) is 30.5 Å². The second-order valence-corrected chi connectivity index (χ2v) is 6.74. The van der Waals surface area contributed by atoms with Crippen LogP contribution in [0.2, 0.25) is 0 Å². The number of hydrogen-bond acceptors (Lipinski definition) is 3. The van der Waals surface area contributed by atoms with Crippen LogP contribution in [0.4, 0.5) is 0 Å². The van der Waals surface area contributed by atoms with Gasteiger partial charge in [-0.1, -0.05) is 0 Å². The highest BCUT2D eigenvalue weighted by Crippen LogP contribution is 2.39. The Labute approximate surface area is 108 Å². The molecule has 0 fully saturated rings. The van der Waals surface area contributed by atoms with Crippen LogP contribution in [-0.4, -0.2) is 23.6 Å². The molecule has 17 heavy (non-hydrogen) atoms. The van der Waals surface area contributed by atoms with Crippen molar-refractivity contribution in [2.45, 2.75) is 44.3 Å². The predicted octanol–water partition coefficient (Wildman–Crippen LogP) is 3.48. The Balaban J connectivity index is 3.19. The molecule has 0 spiro atoms. The molecule has 0 bridgehead atoms. The molecule has 1 rings (SSSR count). The molecule has 0 heterocycles. The fraction of sp³-hybridized carbons (Fsp3) is 0.571. The zero-order chi connectivity index (χ0) is 13.2. The summed E-state index contributed by atoms with van der Waals surface area (Å²) in [6, 6.07) is 2.14. The van der Waals surface area contributed by atoms with Crippen molar-refractivity contribution < 1.29 is 9.84 Å². The lowest BCUT2D eigenvalue weighted by Crippen LogP contribution is -2.20. The first-order valence-corrected chi connectivity index (χ1v) is 6.58. The molecule has 0 saturated heterocycles. The third kappa shape index (κ3) is 3.17. The number of benzene rings is 1. The van der Waals surface area contributed by atoms with Crippen LogP contribution in [0.25, 0.3) is 0 Å². The molecule has 1 aromatic rings. The van der Waals surface area contributed by atoms with Gasteiger partial charge in [0.1, 0.15) is 5.75 Å². The van der Waals surface area contributed by atoms with E-state index < -0.39 is 0 Å². The Morgan fingerprint density at radius 1 is 1.24 bits per heavy atom. The molecule has 0 aliphatic rings. The highest BCUT2D eigenvalue weighted by Gasteiger charge is 2.21. The smallest absolute Gasteiger partial charge is 0.125 e. The van der Waals surface area contributed by atoms with E-state index in [2.05, 4.69) is 26.8 Å². The minimum absolute atomic E-state index is 0.155. The first-order valence-electron chi connectivity index (χ1n) is 5.77. The fourth-order valence-electron chi connectivity index (χ4n) is 1.77. The Bertz CT molecular complexity index is 411. The summed E-state index contributed by atoms with van der Waals surface area (Å²) in [6.45, 7) is 10.5. The van der Waals surface area contributed by atoms with E-state index in [0.29, 0.717) is 0 Å². The molecule has 0 amide bonds. The summed E-state index contributed by atoms with van der Waals surface area (Å²) in [7, 11) is 1.71. The third-order valence-corrected chi connectivity index (χ3v) is 4.28. The number of rotatable bonds is 4. The second kappa shape index (κ2) is 5.32. The van der Waals surface area contributed by atoms with E-state index in [0.717, 1.165) is 11.3 Å². The van der Waals surface area contributed by atoms with Gasteiger partial charge in [-0.3, -0.25) is 0 Å². The van der Waals surface area contributed by atoms with Crippen molar-refractivity contribution in [1.29, 1.82) is 0 Å². The van der Waals surface area contributed by atoms with Crippen molar-refractivity contribution in [2.24, 2.45) is 0 Å². The van der Waals surface area contributed by atoms with Gasteiger partial charge < -0.3 is 9.84 Å². The summed E-state index contributed by atoms with van der Waals surface area (Å²) in [5, 5.41) is 9.34. The molecule has 0 aromatic heterocycles. The van der Waals surface area contributed by atoms with Gasteiger partial charge in [-0.2, -0.15) is 0 Å². The van der Waals surface area contributed by atoms with E-state index in [4.69, 9.17) is 4.74 Å². The summed E-state index contributed by atoms with van der Waals surface area (Å²) < 4.78 is 5.25. The van der Waals surface area contributed by atoms with E-state index >= 15 is 0 Å². The van der Waals surface area contributed by atoms with Crippen LogP contribution < -0.4 is 4.74 Å². The topological polar surface area (TPSA) is 29.5 Å². The summed E-state index contributed by atoms with van der Waals surface area (Å²) >= 11 is 1.71. The van der Waals surface area contributed by atoms with Crippen molar-refractivity contribution >= 4 is 11.8 Å². The molecular formula is C14H22O2S. The average Bonchev–Trinajstić information content (AvgIpc) is 2.26. The fourth-order valence-corrected chi connectivity index (χ4v) is 2.97. The van der Waals surface area contributed by atoms with Gasteiger partial charge in [-0.25, -0.2) is 0 Å². The van der Waals surface area contributed by atoms with Crippen LogP contribution in [0.5, 0.6) is 5.75 Å². The minimum atomic E-state index is -0.155. The Morgan fingerprint density at radius 2 is 1.82 bits per heavy atom. The highest BCUT2D eigenvalue weighted by atomic mass is 32.2. The monoisotopic (exact) mass is 254 g/mol. The lowest BCUT2D eigenvalue weighted by molar-refractivity contribution is 0.265. The van der Waals surface area contributed by atoms with E-state index in [1.165, 1.54) is 16.0 Å². The Morgan fingerprint density at radius 3 is 2.29 bits per heavy atom. The minimum Gasteiger partial charge on any atom is -0.496 e. The van der Waals surface area contributed by atoms with Crippen LogP contribution in [0, 0.1) is 20.8 Å². The molecule has 0 atom stereocenters. The molecule has 2 nitrogen and oxygen atoms in total. The normalized spacial score (nSPS) is 11.7. The summed E-state index contributed by atoms with van der Waals surface area (Å²) in [6.07, 6.45) is 0. The maximum absolute atomic E-state index is 9.34. The summed E-state index contributed by atoms with van der Waals surface area (Å²) in [5.41, 5.74) is 3.56. The SMILES string of the molecule is COc1c(C)cc(SC(C)(C)CO)c(C)c1C. The first kappa shape index (κ1) is 14.4. The predicted molar refractivity (Wildman–Crippen MR) is 74.2 cm³/mol. The van der Waals surface area contributed by atoms with Gasteiger partial charge in [0.15, 0.2) is 0 Å². The van der Waals surface area contributed by atoms with Crippen molar-refractivity contribution in [3.05, 3.63) is 22.8 Å². The van der Waals surface area contributed by atoms with Gasteiger partial charge in [0, 0.05) is 9.64 Å². The molecule has 1 aromatic carbocycles. The largest absolute Gasteiger partial charge is 0.496 e. The third-order valence-electron chi connectivity index (χ3n) is 2.95. The van der Waals surface area contributed by atoms with Crippen LogP contribution >= 0.6 is 11.8 Å². The van der Waals surface area contributed by atoms with Crippen LogP contribution in [0.3, 0.4) is 0 Å². The zero-order valence-electron chi connectivity index (χ0n) is 11.5. The van der Waals surface area contributed by atoms with Gasteiger partial charge in [0.2, 0.25) is 0 Å². The second-order valence-electron chi connectivity index (χ2n) is 4.99. The highest BCUT2D eigenvalue weighted by molar-refractivity contribution is 8.00. The molecule has 0 radical (unpaired) electrons. The molecule has 0 aliphatic heterocycles. The van der Waals surface area contributed by atoms with Crippen molar-refractivity contribution in [2.75, 3.05) is 13.7 Å². The first-order chi connectivity index (χ1) is 7.82. The van der Waals surface area contributed by atoms with Crippen molar-refractivity contribution in [3.63, 3.8) is 0 Å². The number of aryl methyl sites for hydroxylation is 1. The molecule has 0 aliphatic carbocycles. The Hall–Kier alpha value is -0.670. The van der Waals surface area contributed by atoms with Gasteiger partial charge in [-0.05, 0) is 57.4 Å². The Kier molecular flexibility index (Phi) is 4.50. The van der Waals surface area contributed by atoms with Crippen LogP contribution in [0.15, 0.2) is 11.0 Å². The molecule has 0 saturated carbocycles. The van der Waals surface area contributed by atoms with Gasteiger partial charge in [0.25, 0.3) is 0 Å². The van der Waals surface area contributed by atoms with Gasteiger partial charge in [0.05, 0.1) is 13.7 Å². The molecule has 3 heteroatoms. The number of aliphatic hydroxyl groups excluding tert-OH is 1. The summed E-state index contributed by atoms with van der Waals surface area (Å²) in [5.74, 6) is 0.966. The zero-order valence-corrected chi connectivity index (χ0v) is 12.4. The standard InChI is InChI=1S/C14H22O2S/c1-9-7-12(17-14(4,5)8-15)10(2)11(3)13(9)16-6/h7,15H,8H2,1-6H3. The maximum Gasteiger partial charge on any atom is 0.125 e. The van der Waals surface area contributed by atoms with E-state index in [1.807, 2.05) is 13.8 Å². The lowest BCUT2D eigenvalue weighted by Gasteiger charge is -2.24. The quantitative estimate of drug-likeness (QED) is 0.834. The van der Waals surface area contributed by atoms with E-state index in [-0.39, 0.29) is 11.4 Å². The number of aliphatic hydroxyl groups is 1. The molecule has 0 unspecified atom stereocenters. The summed E-state index contributed by atoms with van der Waals surface area (Å²) in [4.78, 5) is 1.22. The van der Waals surface area contributed by atoms with Crippen molar-refractivity contribution in [1.82, 2.24) is 0 Å². The number of hydrogen-bond donors (Lipinski definition) is 1. The van der Waals surface area contributed by atoms with Gasteiger partial charge >= 0.3 is 0 Å². The van der Waals surface area contributed by atoms with Gasteiger partial charge in [-0.15, -0.1) is 11.8 Å². The number of thioether (sulfide) groups is 1. The number of methoxy groups -OCH3 is 1. The maximum atomic E-state index is 9.34. The van der Waals surface area contributed by atoms with E-state index in [9.17, 15) is 5.11 Å². The molecule has 96 valence electrons. The molecular weight excluding hydrogens is 232 g/mol. The number of ether oxygens (including phenoxy) is 1.